The number of rotatable bonds is 5. The number of hydrogen-bond acceptors (Lipinski definition) is 4. The van der Waals surface area contributed by atoms with E-state index in [0.717, 1.165) is 62.2 Å². The Morgan fingerprint density at radius 1 is 1.08 bits per heavy atom. The van der Waals surface area contributed by atoms with E-state index >= 15 is 0 Å². The summed E-state index contributed by atoms with van der Waals surface area (Å²) in [5.74, 6) is 1.47. The molecule has 4 aliphatic heterocycles. The van der Waals surface area contributed by atoms with E-state index in [0.29, 0.717) is 49.1 Å². The Balaban J connectivity index is 1.11. The molecule has 2 saturated heterocycles. The number of piperidine rings is 1. The lowest BCUT2D eigenvalue weighted by molar-refractivity contribution is -0.874. The van der Waals surface area contributed by atoms with Crippen LogP contribution in [0.1, 0.15) is 63.0 Å². The lowest BCUT2D eigenvalue weighted by Crippen LogP contribution is -2.52. The van der Waals surface area contributed by atoms with Crippen LogP contribution in [0.2, 0.25) is 0 Å². The highest BCUT2D eigenvalue weighted by Gasteiger charge is 2.57. The maximum Gasteiger partial charge on any atom is 0.237 e. The first-order valence-corrected chi connectivity index (χ1v) is 13.9. The minimum Gasteiger partial charge on any atom is -0.490 e. The van der Waals surface area contributed by atoms with Gasteiger partial charge >= 0.3 is 0 Å². The topological polar surface area (TPSA) is 66.9 Å². The molecule has 4 heterocycles. The van der Waals surface area contributed by atoms with Crippen LogP contribution in [-0.2, 0) is 24.5 Å². The molecule has 0 unspecified atom stereocenters. The van der Waals surface area contributed by atoms with Crippen LogP contribution in [0.25, 0.3) is 0 Å². The molecule has 1 saturated carbocycles. The van der Waals surface area contributed by atoms with E-state index in [1.165, 1.54) is 5.56 Å². The Kier molecular flexibility index (Phi) is 6.02. The predicted octanol–water partition coefficient (Wildman–Crippen LogP) is 3.47. The van der Waals surface area contributed by atoms with Crippen LogP contribution < -0.4 is 0 Å². The minimum atomic E-state index is -0.418. The number of ether oxygens (including phenoxy) is 1. The standard InChI is InChI=1S/C30H38N3O4/c1-21(2)15-28(35)31-11-7-23(8-12-31)22-3-5-25(6-4-22)30(9-10-30)29(36)32-13-14-33(20-32)17-26(34)16-24-18-37-19-27(24)33/h3-6,16,19,21,23H,7-15,17-18,20H2,1-2H3/q+1/t33-/m0/s1. The molecule has 1 atom stereocenters. The fraction of sp³-hybridized carbons (Fsp3) is 0.567. The summed E-state index contributed by atoms with van der Waals surface area (Å²) < 4.78 is 6.06. The Morgan fingerprint density at radius 2 is 1.81 bits per heavy atom. The SMILES string of the molecule is CC(C)CC(=O)N1CCC(c2ccc(C3(C(=O)N4CC[N@+]5(CC(=O)C=C6COC=C65)C4)CC3)cc2)CC1. The molecule has 0 bridgehead atoms. The van der Waals surface area contributed by atoms with E-state index < -0.39 is 5.41 Å². The van der Waals surface area contributed by atoms with Crippen molar-refractivity contribution in [2.45, 2.75) is 57.3 Å². The van der Waals surface area contributed by atoms with E-state index in [9.17, 15) is 14.4 Å². The number of fused-ring (bicyclic) bond motifs is 2. The van der Waals surface area contributed by atoms with Crippen LogP contribution in [0.15, 0.2) is 47.9 Å². The molecule has 6 rings (SSSR count). The van der Waals surface area contributed by atoms with Crippen molar-refractivity contribution in [3.05, 3.63) is 59.0 Å². The Bertz CT molecular complexity index is 1170. The smallest absolute Gasteiger partial charge is 0.237 e. The first kappa shape index (κ1) is 24.4. The molecule has 0 radical (unpaired) electrons. The summed E-state index contributed by atoms with van der Waals surface area (Å²) in [5, 5.41) is 0. The van der Waals surface area contributed by atoms with Crippen molar-refractivity contribution in [2.24, 2.45) is 5.92 Å². The van der Waals surface area contributed by atoms with Gasteiger partial charge in [0.05, 0.1) is 17.5 Å². The number of likely N-dealkylation sites (tertiary alicyclic amines) is 1. The zero-order chi connectivity index (χ0) is 25.8. The number of nitrogens with zero attached hydrogens (tertiary/aromatic N) is 3. The van der Waals surface area contributed by atoms with Crippen molar-refractivity contribution >= 4 is 17.6 Å². The molecule has 196 valence electrons. The largest absolute Gasteiger partial charge is 0.490 e. The summed E-state index contributed by atoms with van der Waals surface area (Å²) in [7, 11) is 0. The molecule has 3 fully saturated rings. The predicted molar refractivity (Wildman–Crippen MR) is 139 cm³/mol. The van der Waals surface area contributed by atoms with Crippen LogP contribution >= 0.6 is 0 Å². The number of quaternary nitrogens is 1. The molecule has 2 amide bonds. The first-order valence-electron chi connectivity index (χ1n) is 13.9. The van der Waals surface area contributed by atoms with E-state index in [2.05, 4.69) is 38.1 Å². The lowest BCUT2D eigenvalue weighted by atomic mass is 9.86. The number of benzene rings is 1. The number of hydrogen-bond donors (Lipinski definition) is 0. The third-order valence-electron chi connectivity index (χ3n) is 9.12. The Morgan fingerprint density at radius 3 is 2.49 bits per heavy atom. The summed E-state index contributed by atoms with van der Waals surface area (Å²) in [6.45, 7) is 8.69. The third kappa shape index (κ3) is 4.31. The van der Waals surface area contributed by atoms with Gasteiger partial charge in [-0.2, -0.15) is 0 Å². The van der Waals surface area contributed by atoms with Gasteiger partial charge in [-0.1, -0.05) is 38.1 Å². The molecular weight excluding hydrogens is 466 g/mol. The highest BCUT2D eigenvalue weighted by Crippen LogP contribution is 2.51. The molecule has 1 aromatic rings. The number of amides is 2. The summed E-state index contributed by atoms with van der Waals surface area (Å²) in [6.07, 6.45) is 7.89. The van der Waals surface area contributed by atoms with E-state index in [-0.39, 0.29) is 17.6 Å². The van der Waals surface area contributed by atoms with Crippen molar-refractivity contribution in [1.82, 2.24) is 9.80 Å². The van der Waals surface area contributed by atoms with Gasteiger partial charge in [0.25, 0.3) is 0 Å². The van der Waals surface area contributed by atoms with Crippen LogP contribution in [0.3, 0.4) is 0 Å². The second-order valence-corrected chi connectivity index (χ2v) is 12.1. The van der Waals surface area contributed by atoms with Crippen LogP contribution in [0.4, 0.5) is 0 Å². The quantitative estimate of drug-likeness (QED) is 0.576. The van der Waals surface area contributed by atoms with Crippen molar-refractivity contribution in [3.63, 3.8) is 0 Å². The van der Waals surface area contributed by atoms with Gasteiger partial charge in [-0.05, 0) is 54.7 Å². The molecule has 1 aromatic carbocycles. The summed E-state index contributed by atoms with van der Waals surface area (Å²) >= 11 is 0. The average Bonchev–Trinajstić information content (AvgIpc) is 3.37. The molecule has 37 heavy (non-hydrogen) atoms. The second-order valence-electron chi connectivity index (χ2n) is 12.1. The number of ketones is 1. The molecular formula is C30H38N3O4+. The van der Waals surface area contributed by atoms with Crippen LogP contribution in [-0.4, -0.2) is 77.9 Å². The van der Waals surface area contributed by atoms with Crippen LogP contribution in [0.5, 0.6) is 0 Å². The van der Waals surface area contributed by atoms with Gasteiger partial charge in [0.1, 0.15) is 26.0 Å². The number of carbonyl (C=O) groups excluding carboxylic acids is 3. The summed E-state index contributed by atoms with van der Waals surface area (Å²) in [4.78, 5) is 42.7. The zero-order valence-electron chi connectivity index (χ0n) is 22.1. The molecule has 1 spiro atoms. The summed E-state index contributed by atoms with van der Waals surface area (Å²) in [6, 6.07) is 8.74. The highest BCUT2D eigenvalue weighted by molar-refractivity contribution is 5.94. The van der Waals surface area contributed by atoms with Gasteiger partial charge in [-0.3, -0.25) is 23.8 Å². The molecule has 1 aliphatic carbocycles. The fourth-order valence-electron chi connectivity index (χ4n) is 6.86. The zero-order valence-corrected chi connectivity index (χ0v) is 22.1. The van der Waals surface area contributed by atoms with Crippen molar-refractivity contribution < 1.29 is 23.6 Å². The van der Waals surface area contributed by atoms with E-state index in [1.54, 1.807) is 12.3 Å². The van der Waals surface area contributed by atoms with Gasteiger partial charge in [-0.25, -0.2) is 0 Å². The van der Waals surface area contributed by atoms with Gasteiger partial charge < -0.3 is 9.64 Å². The van der Waals surface area contributed by atoms with Gasteiger partial charge in [-0.15, -0.1) is 0 Å². The Hall–Kier alpha value is -2.93. The first-order chi connectivity index (χ1) is 17.8. The van der Waals surface area contributed by atoms with Crippen molar-refractivity contribution in [1.29, 1.82) is 0 Å². The van der Waals surface area contributed by atoms with Gasteiger partial charge in [0, 0.05) is 19.5 Å². The van der Waals surface area contributed by atoms with Gasteiger partial charge in [0.15, 0.2) is 12.4 Å². The molecule has 0 N–H and O–H groups in total. The molecule has 7 heteroatoms. The molecule has 0 aromatic heterocycles. The normalized spacial score (nSPS) is 26.7. The molecule has 7 nitrogen and oxygen atoms in total. The lowest BCUT2D eigenvalue weighted by Gasteiger charge is -2.35. The minimum absolute atomic E-state index is 0.124. The average molecular weight is 505 g/mol. The monoisotopic (exact) mass is 504 g/mol. The Labute approximate surface area is 219 Å². The van der Waals surface area contributed by atoms with Gasteiger partial charge in [0.2, 0.25) is 17.6 Å². The maximum atomic E-state index is 13.8. The van der Waals surface area contributed by atoms with E-state index in [1.807, 2.05) is 9.80 Å². The third-order valence-corrected chi connectivity index (χ3v) is 9.12. The number of carbonyl (C=O) groups is 3. The van der Waals surface area contributed by atoms with E-state index in [4.69, 9.17) is 4.74 Å². The fourth-order valence-corrected chi connectivity index (χ4v) is 6.86. The highest BCUT2D eigenvalue weighted by atomic mass is 16.5. The van der Waals surface area contributed by atoms with Crippen LogP contribution in [0, 0.1) is 5.92 Å². The van der Waals surface area contributed by atoms with Crippen molar-refractivity contribution in [3.8, 4) is 0 Å². The summed E-state index contributed by atoms with van der Waals surface area (Å²) in [5.41, 5.74) is 4.05. The van der Waals surface area contributed by atoms with Crippen molar-refractivity contribution in [2.75, 3.05) is 46.0 Å². The second kappa shape index (κ2) is 9.12. The molecule has 5 aliphatic rings. The maximum absolute atomic E-state index is 13.8.